The van der Waals surface area contributed by atoms with Gasteiger partial charge in [0.25, 0.3) is 0 Å². The molecule has 2 saturated carbocycles. The molecular weight excluding hydrogens is 318 g/mol. The number of fused-ring (bicyclic) bond motifs is 1. The first-order chi connectivity index (χ1) is 12.1. The van der Waals surface area contributed by atoms with Gasteiger partial charge < -0.3 is 14.7 Å². The van der Waals surface area contributed by atoms with Crippen LogP contribution in [0.3, 0.4) is 0 Å². The lowest BCUT2D eigenvalue weighted by atomic mass is 9.91. The van der Waals surface area contributed by atoms with Gasteiger partial charge in [-0.2, -0.15) is 0 Å². The zero-order valence-electron chi connectivity index (χ0n) is 15.7. The van der Waals surface area contributed by atoms with Crippen molar-refractivity contribution in [1.29, 1.82) is 0 Å². The second-order valence-corrected chi connectivity index (χ2v) is 7.34. The van der Waals surface area contributed by atoms with Crippen molar-refractivity contribution >= 4 is 11.7 Å². The van der Waals surface area contributed by atoms with Crippen LogP contribution in [0.25, 0.3) is 0 Å². The Bertz CT molecular complexity index is 474. The number of carbonyl (C=O) groups excluding carboxylic acids is 1. The number of unbranched alkanes of at least 4 members (excludes halogenated alkanes) is 2. The Hall–Kier alpha value is -1.36. The normalized spacial score (nSPS) is 28.4. The summed E-state index contributed by atoms with van der Waals surface area (Å²) in [6, 6.07) is 0. The topological polar surface area (TPSA) is 68.1 Å². The maximum atomic E-state index is 11.0. The number of aliphatic hydroxyl groups excluding tert-OH is 1. The molecule has 0 aromatic rings. The van der Waals surface area contributed by atoms with E-state index in [4.69, 9.17) is 4.84 Å². The molecule has 0 saturated heterocycles. The molecule has 5 heteroatoms. The summed E-state index contributed by atoms with van der Waals surface area (Å²) in [6.07, 6.45) is 12.9. The molecule has 0 aromatic carbocycles. The summed E-state index contributed by atoms with van der Waals surface area (Å²) in [5.74, 6) is 1.59. The minimum absolute atomic E-state index is 0.238. The minimum atomic E-state index is -0.304. The van der Waals surface area contributed by atoms with Gasteiger partial charge in [0.05, 0.1) is 25.3 Å². The first-order valence-electron chi connectivity index (χ1n) is 9.75. The number of hydrogen-bond acceptors (Lipinski definition) is 5. The third-order valence-corrected chi connectivity index (χ3v) is 5.50. The van der Waals surface area contributed by atoms with Crippen LogP contribution in [0.1, 0.15) is 64.7 Å². The summed E-state index contributed by atoms with van der Waals surface area (Å²) in [5, 5.41) is 14.3. The Balaban J connectivity index is 1.74. The number of nitrogens with zero attached hydrogens (tertiary/aromatic N) is 1. The standard InChI is InChI=1S/C20H33NO4/c1-3-4-5-6-18(22)10-9-15-7-8-16-13-17(14-19(15)16)21-25-12-11-20(23)24-2/h9-10,15-16,18-19,22H,3-8,11-14H2,1-2H3/t15-,16+,18?,19-/m0/s1. The summed E-state index contributed by atoms with van der Waals surface area (Å²) in [6.45, 7) is 2.46. The van der Waals surface area contributed by atoms with Crippen LogP contribution in [0.5, 0.6) is 0 Å². The molecule has 2 aliphatic carbocycles. The molecule has 0 aromatic heterocycles. The van der Waals surface area contributed by atoms with E-state index in [0.717, 1.165) is 31.4 Å². The maximum absolute atomic E-state index is 11.0. The fraction of sp³-hybridized carbons (Fsp3) is 0.800. The number of carbonyl (C=O) groups is 1. The molecule has 0 heterocycles. The molecule has 1 unspecified atom stereocenters. The van der Waals surface area contributed by atoms with Crippen molar-refractivity contribution in [2.75, 3.05) is 13.7 Å². The van der Waals surface area contributed by atoms with Gasteiger partial charge in [0.2, 0.25) is 0 Å². The lowest BCUT2D eigenvalue weighted by Gasteiger charge is -2.14. The summed E-state index contributed by atoms with van der Waals surface area (Å²) in [7, 11) is 1.38. The molecule has 25 heavy (non-hydrogen) atoms. The Kier molecular flexibility index (Phi) is 8.45. The average molecular weight is 351 g/mol. The first kappa shape index (κ1) is 20.0. The van der Waals surface area contributed by atoms with Crippen molar-refractivity contribution in [3.05, 3.63) is 12.2 Å². The van der Waals surface area contributed by atoms with E-state index in [0.29, 0.717) is 17.8 Å². The van der Waals surface area contributed by atoms with Gasteiger partial charge in [-0.05, 0) is 49.9 Å². The molecule has 0 radical (unpaired) electrons. The van der Waals surface area contributed by atoms with E-state index in [9.17, 15) is 9.90 Å². The molecule has 2 rings (SSSR count). The number of rotatable bonds is 10. The fourth-order valence-electron chi connectivity index (χ4n) is 4.07. The molecule has 5 nitrogen and oxygen atoms in total. The van der Waals surface area contributed by atoms with E-state index in [1.54, 1.807) is 0 Å². The van der Waals surface area contributed by atoms with Gasteiger partial charge in [-0.3, -0.25) is 4.79 Å². The van der Waals surface area contributed by atoms with Crippen molar-refractivity contribution in [3.63, 3.8) is 0 Å². The Morgan fingerprint density at radius 1 is 1.36 bits per heavy atom. The lowest BCUT2D eigenvalue weighted by Crippen LogP contribution is -2.09. The van der Waals surface area contributed by atoms with Crippen LogP contribution < -0.4 is 0 Å². The van der Waals surface area contributed by atoms with Crippen LogP contribution in [0, 0.1) is 17.8 Å². The van der Waals surface area contributed by atoms with Crippen molar-refractivity contribution < 1.29 is 19.5 Å². The predicted molar refractivity (Wildman–Crippen MR) is 98.2 cm³/mol. The van der Waals surface area contributed by atoms with Gasteiger partial charge in [-0.25, -0.2) is 0 Å². The van der Waals surface area contributed by atoms with Gasteiger partial charge >= 0.3 is 5.97 Å². The van der Waals surface area contributed by atoms with Crippen LogP contribution in [0.2, 0.25) is 0 Å². The van der Waals surface area contributed by atoms with Gasteiger partial charge in [0.1, 0.15) is 6.61 Å². The number of hydrogen-bond donors (Lipinski definition) is 1. The first-order valence-corrected chi connectivity index (χ1v) is 9.75. The summed E-state index contributed by atoms with van der Waals surface area (Å²) < 4.78 is 4.58. The fourth-order valence-corrected chi connectivity index (χ4v) is 4.07. The van der Waals surface area contributed by atoms with Gasteiger partial charge in [-0.1, -0.05) is 43.5 Å². The predicted octanol–water partition coefficient (Wildman–Crippen LogP) is 3.86. The second kappa shape index (κ2) is 10.6. The van der Waals surface area contributed by atoms with E-state index in [1.807, 2.05) is 6.08 Å². The molecule has 4 atom stereocenters. The van der Waals surface area contributed by atoms with Crippen LogP contribution in [0.15, 0.2) is 17.3 Å². The van der Waals surface area contributed by atoms with Crippen molar-refractivity contribution in [1.82, 2.24) is 0 Å². The maximum Gasteiger partial charge on any atom is 0.309 e. The summed E-state index contributed by atoms with van der Waals surface area (Å²) in [5.41, 5.74) is 1.11. The zero-order chi connectivity index (χ0) is 18.1. The van der Waals surface area contributed by atoms with Crippen LogP contribution >= 0.6 is 0 Å². The molecule has 2 fully saturated rings. The average Bonchev–Trinajstić information content (AvgIpc) is 3.17. The number of aliphatic hydroxyl groups is 1. The molecule has 0 bridgehead atoms. The molecule has 142 valence electrons. The van der Waals surface area contributed by atoms with Crippen LogP contribution in [-0.2, 0) is 14.4 Å². The van der Waals surface area contributed by atoms with Gasteiger partial charge in [0, 0.05) is 0 Å². The number of allylic oxidation sites excluding steroid dienone is 1. The highest BCUT2D eigenvalue weighted by atomic mass is 16.6. The molecule has 1 N–H and O–H groups in total. The largest absolute Gasteiger partial charge is 0.469 e. The van der Waals surface area contributed by atoms with Gasteiger partial charge in [-0.15, -0.1) is 0 Å². The summed E-state index contributed by atoms with van der Waals surface area (Å²) >= 11 is 0. The lowest BCUT2D eigenvalue weighted by molar-refractivity contribution is -0.141. The zero-order valence-corrected chi connectivity index (χ0v) is 15.7. The molecule has 0 amide bonds. The van der Waals surface area contributed by atoms with E-state index < -0.39 is 0 Å². The van der Waals surface area contributed by atoms with Crippen molar-refractivity contribution in [2.45, 2.75) is 70.8 Å². The van der Waals surface area contributed by atoms with E-state index in [-0.39, 0.29) is 25.1 Å². The highest BCUT2D eigenvalue weighted by Crippen LogP contribution is 2.47. The SMILES string of the molecule is CCCCCC(O)C=C[C@@H]1CC[C@@H]2CC(=NOCCC(=O)OC)C[C@H]21. The molecule has 0 spiro atoms. The van der Waals surface area contributed by atoms with E-state index in [1.165, 1.54) is 32.8 Å². The van der Waals surface area contributed by atoms with Crippen LogP contribution in [-0.4, -0.2) is 36.6 Å². The third-order valence-electron chi connectivity index (χ3n) is 5.50. The minimum Gasteiger partial charge on any atom is -0.469 e. The Morgan fingerprint density at radius 2 is 2.20 bits per heavy atom. The third kappa shape index (κ3) is 6.46. The number of ether oxygens (including phenoxy) is 1. The molecular formula is C20H33NO4. The number of esters is 1. The number of methoxy groups -OCH3 is 1. The van der Waals surface area contributed by atoms with E-state index >= 15 is 0 Å². The summed E-state index contributed by atoms with van der Waals surface area (Å²) in [4.78, 5) is 16.3. The monoisotopic (exact) mass is 351 g/mol. The molecule has 0 aliphatic heterocycles. The number of oxime groups is 1. The van der Waals surface area contributed by atoms with Crippen LogP contribution in [0.4, 0.5) is 0 Å². The van der Waals surface area contributed by atoms with Gasteiger partial charge in [0.15, 0.2) is 0 Å². The Labute approximate surface area is 151 Å². The highest BCUT2D eigenvalue weighted by molar-refractivity contribution is 5.86. The van der Waals surface area contributed by atoms with Crippen molar-refractivity contribution in [3.8, 4) is 0 Å². The quantitative estimate of drug-likeness (QED) is 0.281. The second-order valence-electron chi connectivity index (χ2n) is 7.34. The smallest absolute Gasteiger partial charge is 0.309 e. The van der Waals surface area contributed by atoms with E-state index in [2.05, 4.69) is 22.9 Å². The Morgan fingerprint density at radius 3 is 2.96 bits per heavy atom. The molecule has 2 aliphatic rings. The van der Waals surface area contributed by atoms with Crippen molar-refractivity contribution in [2.24, 2.45) is 22.9 Å². The highest BCUT2D eigenvalue weighted by Gasteiger charge is 2.41.